The fourth-order valence-corrected chi connectivity index (χ4v) is 3.67. The van der Waals surface area contributed by atoms with E-state index in [1.165, 1.54) is 6.07 Å². The standard InChI is InChI=1S/C23H22FN3O/c1-15-12-20-21(27-15)8-7-19(23(20)28-11-9-25)22(17-5-3-10-26-14-17)16-4-2-6-18(24)13-16/h2-8,10,12-14,22,27H,9,11,25H2,1H3. The van der Waals surface area contributed by atoms with Gasteiger partial charge in [0.1, 0.15) is 18.2 Å². The minimum Gasteiger partial charge on any atom is -0.491 e. The number of H-pyrrole nitrogens is 1. The Labute approximate surface area is 163 Å². The summed E-state index contributed by atoms with van der Waals surface area (Å²) in [5.41, 5.74) is 10.5. The van der Waals surface area contributed by atoms with Crippen LogP contribution in [-0.4, -0.2) is 23.1 Å². The van der Waals surface area contributed by atoms with Crippen molar-refractivity contribution in [3.63, 3.8) is 0 Å². The Morgan fingerprint density at radius 1 is 1.11 bits per heavy atom. The van der Waals surface area contributed by atoms with Gasteiger partial charge in [0.05, 0.1) is 0 Å². The quantitative estimate of drug-likeness (QED) is 0.520. The van der Waals surface area contributed by atoms with Crippen LogP contribution in [0.1, 0.15) is 28.3 Å². The molecule has 0 spiro atoms. The number of nitrogens with two attached hydrogens (primary N) is 1. The van der Waals surface area contributed by atoms with Crippen molar-refractivity contribution < 1.29 is 9.13 Å². The lowest BCUT2D eigenvalue weighted by Gasteiger charge is -2.22. The van der Waals surface area contributed by atoms with Gasteiger partial charge in [-0.1, -0.05) is 24.3 Å². The lowest BCUT2D eigenvalue weighted by Crippen LogP contribution is -2.13. The maximum absolute atomic E-state index is 14.1. The van der Waals surface area contributed by atoms with Gasteiger partial charge in [-0.3, -0.25) is 4.98 Å². The molecule has 2 aromatic heterocycles. The highest BCUT2D eigenvalue weighted by Crippen LogP contribution is 2.41. The van der Waals surface area contributed by atoms with Crippen molar-refractivity contribution in [2.75, 3.05) is 13.2 Å². The Balaban J connectivity index is 1.96. The van der Waals surface area contributed by atoms with Crippen molar-refractivity contribution in [1.82, 2.24) is 9.97 Å². The molecule has 4 nitrogen and oxygen atoms in total. The third-order valence-electron chi connectivity index (χ3n) is 4.79. The summed E-state index contributed by atoms with van der Waals surface area (Å²) < 4.78 is 20.2. The van der Waals surface area contributed by atoms with Gasteiger partial charge < -0.3 is 15.5 Å². The molecule has 0 aliphatic rings. The SMILES string of the molecule is Cc1cc2c(OCCN)c(C(c3cccnc3)c3cccc(F)c3)ccc2[nH]1. The van der Waals surface area contributed by atoms with Gasteiger partial charge >= 0.3 is 0 Å². The van der Waals surface area contributed by atoms with Crippen LogP contribution in [0.3, 0.4) is 0 Å². The van der Waals surface area contributed by atoms with E-state index in [2.05, 4.69) is 16.0 Å². The van der Waals surface area contributed by atoms with Crippen LogP contribution in [0.15, 0.2) is 67.0 Å². The van der Waals surface area contributed by atoms with Gasteiger partial charge in [-0.2, -0.15) is 0 Å². The number of rotatable bonds is 6. The van der Waals surface area contributed by atoms with Crippen LogP contribution < -0.4 is 10.5 Å². The van der Waals surface area contributed by atoms with Crippen LogP contribution in [-0.2, 0) is 0 Å². The molecule has 0 aliphatic heterocycles. The monoisotopic (exact) mass is 375 g/mol. The van der Waals surface area contributed by atoms with E-state index in [9.17, 15) is 4.39 Å². The molecular formula is C23H22FN3O. The lowest BCUT2D eigenvalue weighted by atomic mass is 9.84. The smallest absolute Gasteiger partial charge is 0.132 e. The average Bonchev–Trinajstić information content (AvgIpc) is 3.08. The Hall–Kier alpha value is -3.18. The highest BCUT2D eigenvalue weighted by atomic mass is 19.1. The van der Waals surface area contributed by atoms with Crippen molar-refractivity contribution in [1.29, 1.82) is 0 Å². The normalized spacial score (nSPS) is 12.2. The third kappa shape index (κ3) is 3.49. The van der Waals surface area contributed by atoms with Crippen molar-refractivity contribution in [3.05, 3.63) is 95.2 Å². The van der Waals surface area contributed by atoms with Crippen LogP contribution in [0.25, 0.3) is 10.9 Å². The molecular weight excluding hydrogens is 353 g/mol. The third-order valence-corrected chi connectivity index (χ3v) is 4.79. The zero-order valence-corrected chi connectivity index (χ0v) is 15.7. The number of aromatic amines is 1. The minimum absolute atomic E-state index is 0.211. The van der Waals surface area contributed by atoms with E-state index in [1.54, 1.807) is 18.3 Å². The molecule has 0 aliphatic carbocycles. The van der Waals surface area contributed by atoms with Crippen molar-refractivity contribution in [2.45, 2.75) is 12.8 Å². The Morgan fingerprint density at radius 3 is 2.71 bits per heavy atom. The van der Waals surface area contributed by atoms with Crippen molar-refractivity contribution in [3.8, 4) is 5.75 Å². The summed E-state index contributed by atoms with van der Waals surface area (Å²) in [6, 6.07) is 16.7. The van der Waals surface area contributed by atoms with E-state index >= 15 is 0 Å². The molecule has 142 valence electrons. The molecule has 5 heteroatoms. The summed E-state index contributed by atoms with van der Waals surface area (Å²) in [5, 5.41) is 0.994. The number of aromatic nitrogens is 2. The first-order valence-corrected chi connectivity index (χ1v) is 9.28. The maximum atomic E-state index is 14.1. The van der Waals surface area contributed by atoms with E-state index < -0.39 is 0 Å². The first-order valence-electron chi connectivity index (χ1n) is 9.28. The largest absolute Gasteiger partial charge is 0.491 e. The van der Waals surface area contributed by atoms with Gasteiger partial charge in [0.15, 0.2) is 0 Å². The fourth-order valence-electron chi connectivity index (χ4n) is 3.67. The highest BCUT2D eigenvalue weighted by molar-refractivity contribution is 5.88. The topological polar surface area (TPSA) is 63.9 Å². The lowest BCUT2D eigenvalue weighted by molar-refractivity contribution is 0.328. The first kappa shape index (κ1) is 18.2. The molecule has 1 unspecified atom stereocenters. The van der Waals surface area contributed by atoms with Gasteiger partial charge in [0, 0.05) is 47.0 Å². The molecule has 0 saturated heterocycles. The zero-order chi connectivity index (χ0) is 19.5. The van der Waals surface area contributed by atoms with Crippen LogP contribution in [0.5, 0.6) is 5.75 Å². The second-order valence-corrected chi connectivity index (χ2v) is 6.81. The number of pyridine rings is 1. The number of aryl methyl sites for hydroxylation is 1. The van der Waals surface area contributed by atoms with Gasteiger partial charge in [-0.15, -0.1) is 0 Å². The second kappa shape index (κ2) is 7.82. The fraction of sp³-hybridized carbons (Fsp3) is 0.174. The average molecular weight is 375 g/mol. The van der Waals surface area contributed by atoms with Gasteiger partial charge in [-0.05, 0) is 48.4 Å². The minimum atomic E-state index is -0.269. The summed E-state index contributed by atoms with van der Waals surface area (Å²) >= 11 is 0. The van der Waals surface area contributed by atoms with E-state index in [-0.39, 0.29) is 11.7 Å². The summed E-state index contributed by atoms with van der Waals surface area (Å²) in [5.74, 6) is 0.288. The molecule has 0 bridgehead atoms. The van der Waals surface area contributed by atoms with Crippen molar-refractivity contribution >= 4 is 10.9 Å². The Bertz CT molecular complexity index is 1090. The zero-order valence-electron chi connectivity index (χ0n) is 15.7. The molecule has 28 heavy (non-hydrogen) atoms. The Kier molecular flexibility index (Phi) is 5.08. The molecule has 4 aromatic rings. The second-order valence-electron chi connectivity index (χ2n) is 6.81. The van der Waals surface area contributed by atoms with Crippen LogP contribution >= 0.6 is 0 Å². The number of hydrogen-bond donors (Lipinski definition) is 2. The van der Waals surface area contributed by atoms with Gasteiger partial charge in [0.25, 0.3) is 0 Å². The maximum Gasteiger partial charge on any atom is 0.132 e. The number of nitrogens with one attached hydrogen (secondary N) is 1. The van der Waals surface area contributed by atoms with Gasteiger partial charge in [-0.25, -0.2) is 4.39 Å². The highest BCUT2D eigenvalue weighted by Gasteiger charge is 2.23. The number of fused-ring (bicyclic) bond motifs is 1. The van der Waals surface area contributed by atoms with Gasteiger partial charge in [0.2, 0.25) is 0 Å². The number of nitrogens with zero attached hydrogens (tertiary/aromatic N) is 1. The molecule has 2 heterocycles. The molecule has 0 radical (unpaired) electrons. The van der Waals surface area contributed by atoms with Crippen LogP contribution in [0.2, 0.25) is 0 Å². The number of benzene rings is 2. The van der Waals surface area contributed by atoms with E-state index in [1.807, 2.05) is 43.5 Å². The van der Waals surface area contributed by atoms with E-state index in [4.69, 9.17) is 10.5 Å². The molecule has 3 N–H and O–H groups in total. The van der Waals surface area contributed by atoms with Crippen LogP contribution in [0, 0.1) is 12.7 Å². The summed E-state index contributed by atoms with van der Waals surface area (Å²) in [7, 11) is 0. The first-order chi connectivity index (χ1) is 13.7. The molecule has 4 rings (SSSR count). The number of hydrogen-bond acceptors (Lipinski definition) is 3. The van der Waals surface area contributed by atoms with Crippen LogP contribution in [0.4, 0.5) is 4.39 Å². The molecule has 2 aromatic carbocycles. The molecule has 1 atom stereocenters. The molecule has 0 saturated carbocycles. The van der Waals surface area contributed by atoms with Crippen molar-refractivity contribution in [2.24, 2.45) is 5.73 Å². The van der Waals surface area contributed by atoms with E-state index in [0.29, 0.717) is 13.2 Å². The molecule has 0 fully saturated rings. The summed E-state index contributed by atoms with van der Waals surface area (Å²) in [6.07, 6.45) is 3.55. The molecule has 0 amide bonds. The number of halogens is 1. The summed E-state index contributed by atoms with van der Waals surface area (Å²) in [6.45, 7) is 2.83. The predicted molar refractivity (Wildman–Crippen MR) is 109 cm³/mol. The predicted octanol–water partition coefficient (Wildman–Crippen LogP) is 4.53. The Morgan fingerprint density at radius 2 is 1.96 bits per heavy atom. The van der Waals surface area contributed by atoms with E-state index in [0.717, 1.165) is 39.0 Å². The summed E-state index contributed by atoms with van der Waals surface area (Å²) in [4.78, 5) is 7.62. The number of ether oxygens (including phenoxy) is 1.